The summed E-state index contributed by atoms with van der Waals surface area (Å²) in [7, 11) is 0. The first-order valence-electron chi connectivity index (χ1n) is 9.18. The molecule has 0 amide bonds. The summed E-state index contributed by atoms with van der Waals surface area (Å²) in [6.07, 6.45) is 3.44. The Morgan fingerprint density at radius 2 is 1.79 bits per heavy atom. The average Bonchev–Trinajstić information content (AvgIpc) is 3.16. The number of amidine groups is 1. The Morgan fingerprint density at radius 1 is 1.07 bits per heavy atom. The molecule has 2 aromatic rings. The summed E-state index contributed by atoms with van der Waals surface area (Å²) in [5, 5.41) is 35.3. The van der Waals surface area contributed by atoms with E-state index in [-0.39, 0.29) is 11.5 Å². The molecule has 1 atom stereocenters. The third-order valence-corrected chi connectivity index (χ3v) is 4.96. The maximum atomic E-state index is 11.9. The van der Waals surface area contributed by atoms with Gasteiger partial charge in [0.25, 0.3) is 0 Å². The summed E-state index contributed by atoms with van der Waals surface area (Å²) in [6, 6.07) is 11.3. The molecule has 0 bridgehead atoms. The molecule has 29 heavy (non-hydrogen) atoms. The second-order valence-electron chi connectivity index (χ2n) is 6.72. The van der Waals surface area contributed by atoms with Crippen LogP contribution in [0.25, 0.3) is 0 Å². The Bertz CT molecular complexity index is 1140. The van der Waals surface area contributed by atoms with E-state index in [0.717, 1.165) is 10.1 Å². The van der Waals surface area contributed by atoms with Crippen molar-refractivity contribution in [3.05, 3.63) is 71.6 Å². The number of hydrogen-bond donors (Lipinski definition) is 2. The van der Waals surface area contributed by atoms with Gasteiger partial charge < -0.3 is 9.84 Å². The van der Waals surface area contributed by atoms with E-state index < -0.39 is 6.04 Å². The number of nitrogens with zero attached hydrogens (tertiary/aromatic N) is 4. The van der Waals surface area contributed by atoms with Gasteiger partial charge in [-0.2, -0.15) is 0 Å². The zero-order valence-corrected chi connectivity index (χ0v) is 15.5. The van der Waals surface area contributed by atoms with E-state index >= 15 is 0 Å². The lowest BCUT2D eigenvalue weighted by atomic mass is 10.00. The van der Waals surface area contributed by atoms with Crippen molar-refractivity contribution in [2.75, 3.05) is 16.7 Å². The number of hydrogen-bond acceptors (Lipinski definition) is 8. The van der Waals surface area contributed by atoms with Gasteiger partial charge in [-0.05, 0) is 37.3 Å². The molecular weight excluding hydrogens is 372 g/mol. The highest BCUT2D eigenvalue weighted by Gasteiger charge is 2.36. The monoisotopic (exact) mass is 389 g/mol. The molecule has 146 valence electrons. The van der Waals surface area contributed by atoms with Gasteiger partial charge in [0, 0.05) is 5.56 Å². The topological polar surface area (TPSA) is 104 Å². The standard InChI is InChI=1S/C21H18N4O4/c1-2-29-20-9-12(7-8-19(20)26)21-22-13-10-17-18(11-14(13)23-21)25(28)16-6-4-3-5-15(16)24(17)27/h3-11,13,26-28H,2H2,1H3/p-1. The summed E-state index contributed by atoms with van der Waals surface area (Å²) in [4.78, 5) is 9.18. The molecule has 0 aromatic heterocycles. The Labute approximate surface area is 166 Å². The van der Waals surface area contributed by atoms with Crippen LogP contribution in [0.3, 0.4) is 0 Å². The smallest absolute Gasteiger partial charge is 0.156 e. The fourth-order valence-corrected chi connectivity index (χ4v) is 3.59. The van der Waals surface area contributed by atoms with Crippen molar-refractivity contribution >= 4 is 22.9 Å². The third kappa shape index (κ3) is 2.69. The highest BCUT2D eigenvalue weighted by atomic mass is 16.5. The highest BCUT2D eigenvalue weighted by molar-refractivity contribution is 6.18. The maximum absolute atomic E-state index is 11.9. The van der Waals surface area contributed by atoms with Crippen LogP contribution < -0.4 is 20.0 Å². The van der Waals surface area contributed by atoms with Gasteiger partial charge in [0.1, 0.15) is 11.8 Å². The Kier molecular flexibility index (Phi) is 3.90. The van der Waals surface area contributed by atoms with E-state index in [9.17, 15) is 15.5 Å². The van der Waals surface area contributed by atoms with Gasteiger partial charge in [-0.1, -0.05) is 30.0 Å². The van der Waals surface area contributed by atoms with Crippen molar-refractivity contribution < 1.29 is 20.3 Å². The van der Waals surface area contributed by atoms with Gasteiger partial charge in [-0.15, -0.1) is 0 Å². The van der Waals surface area contributed by atoms with Crippen LogP contribution in [0, 0.1) is 0 Å². The van der Waals surface area contributed by atoms with E-state index in [1.165, 1.54) is 6.07 Å². The van der Waals surface area contributed by atoms with E-state index in [0.29, 0.717) is 46.5 Å². The molecule has 0 spiro atoms. The van der Waals surface area contributed by atoms with Gasteiger partial charge in [-0.3, -0.25) is 15.4 Å². The molecular formula is C21H17N4O4-. The summed E-state index contributed by atoms with van der Waals surface area (Å²) < 4.78 is 5.38. The minimum absolute atomic E-state index is 0.195. The van der Waals surface area contributed by atoms with E-state index in [4.69, 9.17) is 4.74 Å². The Hall–Kier alpha value is -3.62. The van der Waals surface area contributed by atoms with E-state index in [1.807, 2.05) is 6.92 Å². The number of anilines is 2. The fraction of sp³-hybridized carbons (Fsp3) is 0.143. The predicted octanol–water partition coefficient (Wildman–Crippen LogP) is 2.62. The normalized spacial score (nSPS) is 19.5. The summed E-state index contributed by atoms with van der Waals surface area (Å²) >= 11 is 0. The minimum Gasteiger partial charge on any atom is -0.870 e. The molecule has 2 aromatic carbocycles. The first-order valence-corrected chi connectivity index (χ1v) is 9.18. The second-order valence-corrected chi connectivity index (χ2v) is 6.72. The van der Waals surface area contributed by atoms with Gasteiger partial charge in [-0.25, -0.2) is 15.1 Å². The highest BCUT2D eigenvalue weighted by Crippen LogP contribution is 2.41. The van der Waals surface area contributed by atoms with Crippen LogP contribution in [0.2, 0.25) is 0 Å². The molecule has 8 heteroatoms. The summed E-state index contributed by atoms with van der Waals surface area (Å²) in [5.41, 5.74) is 3.06. The van der Waals surface area contributed by atoms with Crippen molar-refractivity contribution in [2.45, 2.75) is 13.0 Å². The average molecular weight is 389 g/mol. The first-order chi connectivity index (χ1) is 14.1. The number of fused-ring (bicyclic) bond motifs is 3. The number of rotatable bonds is 3. The lowest BCUT2D eigenvalue weighted by Gasteiger charge is -2.37. The van der Waals surface area contributed by atoms with Gasteiger partial charge in [0.2, 0.25) is 0 Å². The molecule has 0 saturated carbocycles. The predicted molar refractivity (Wildman–Crippen MR) is 106 cm³/mol. The van der Waals surface area contributed by atoms with Crippen LogP contribution in [0.15, 0.2) is 76.0 Å². The van der Waals surface area contributed by atoms with E-state index in [2.05, 4.69) is 9.98 Å². The zero-order valence-electron chi connectivity index (χ0n) is 15.5. The summed E-state index contributed by atoms with van der Waals surface area (Å²) in [6.45, 7) is 2.20. The molecule has 0 saturated heterocycles. The first kappa shape index (κ1) is 17.5. The molecule has 1 aliphatic carbocycles. The lowest BCUT2D eigenvalue weighted by Crippen LogP contribution is -2.37. The van der Waals surface area contributed by atoms with Crippen LogP contribution >= 0.6 is 0 Å². The van der Waals surface area contributed by atoms with Crippen LogP contribution in [-0.4, -0.2) is 34.6 Å². The SMILES string of the molecule is CCOc1cc(C2=NC3C=C4C(=CC3=N2)N(O)c2ccccc2N4O)ccc1[O-]. The second kappa shape index (κ2) is 6.47. The number of aliphatic imine (C=N–C) groups is 2. The van der Waals surface area contributed by atoms with Crippen molar-refractivity contribution in [1.82, 2.24) is 0 Å². The van der Waals surface area contributed by atoms with Gasteiger partial charge >= 0.3 is 0 Å². The number of ether oxygens (including phenoxy) is 1. The van der Waals surface area contributed by atoms with Crippen molar-refractivity contribution in [1.29, 1.82) is 0 Å². The van der Waals surface area contributed by atoms with Crippen LogP contribution in [0.4, 0.5) is 11.4 Å². The number of para-hydroxylation sites is 2. The molecule has 8 nitrogen and oxygen atoms in total. The molecule has 2 aliphatic heterocycles. The quantitative estimate of drug-likeness (QED) is 0.836. The van der Waals surface area contributed by atoms with Gasteiger partial charge in [0.15, 0.2) is 5.84 Å². The molecule has 3 aliphatic rings. The van der Waals surface area contributed by atoms with Crippen LogP contribution in [-0.2, 0) is 0 Å². The third-order valence-electron chi connectivity index (χ3n) is 4.96. The van der Waals surface area contributed by atoms with Crippen molar-refractivity contribution in [3.8, 4) is 11.5 Å². The fourth-order valence-electron chi connectivity index (χ4n) is 3.59. The van der Waals surface area contributed by atoms with Gasteiger partial charge in [0.05, 0.1) is 35.1 Å². The number of benzene rings is 2. The summed E-state index contributed by atoms with van der Waals surface area (Å²) in [5.74, 6) is 0.524. The van der Waals surface area contributed by atoms with E-state index in [1.54, 1.807) is 48.6 Å². The van der Waals surface area contributed by atoms with Crippen LogP contribution in [0.5, 0.6) is 11.5 Å². The minimum atomic E-state index is -0.403. The molecule has 0 fully saturated rings. The molecule has 2 N–H and O–H groups in total. The van der Waals surface area contributed by atoms with Crippen LogP contribution in [0.1, 0.15) is 12.5 Å². The van der Waals surface area contributed by atoms with Crippen molar-refractivity contribution in [3.63, 3.8) is 0 Å². The van der Waals surface area contributed by atoms with Crippen molar-refractivity contribution in [2.24, 2.45) is 9.98 Å². The number of hydroxylamine groups is 2. The molecule has 0 radical (unpaired) electrons. The Balaban J connectivity index is 1.55. The maximum Gasteiger partial charge on any atom is 0.156 e. The largest absolute Gasteiger partial charge is 0.870 e. The molecule has 1 unspecified atom stereocenters. The molecule has 2 heterocycles. The lowest BCUT2D eigenvalue weighted by molar-refractivity contribution is -0.270. The Morgan fingerprint density at radius 3 is 2.52 bits per heavy atom. The zero-order chi connectivity index (χ0) is 20.1. The molecule has 5 rings (SSSR count).